The van der Waals surface area contributed by atoms with Crippen molar-refractivity contribution in [3.63, 3.8) is 0 Å². The van der Waals surface area contributed by atoms with Gasteiger partial charge in [0.25, 0.3) is 0 Å². The molecule has 1 aliphatic carbocycles. The maximum absolute atomic E-state index is 14.5. The smallest absolute Gasteiger partial charge is 0.408 e. The molecule has 3 aromatic heterocycles. The molecule has 1 saturated carbocycles. The Kier molecular flexibility index (Phi) is 9.44. The predicted molar refractivity (Wildman–Crippen MR) is 193 cm³/mol. The quantitative estimate of drug-likeness (QED) is 0.215. The SMILES string of the molecule is CC(C)(C)OC(=O)N[C@H]1CCCCC/C=C\[C@H]2C[C@@]2(C(=O)O)NC(=O)[C@@H]2C[C@@H](n3cnc4c(-c5nccs5)cc(-c5nccs5)cc43)CN2C1=O. The average molecular weight is 732 g/mol. The normalized spacial score (nSPS) is 26.4. The van der Waals surface area contributed by atoms with Gasteiger partial charge in [0, 0.05) is 46.7 Å². The first kappa shape index (κ1) is 34.8. The maximum Gasteiger partial charge on any atom is 0.408 e. The minimum atomic E-state index is -1.43. The van der Waals surface area contributed by atoms with E-state index >= 15 is 0 Å². The molecule has 51 heavy (non-hydrogen) atoms. The van der Waals surface area contributed by atoms with Gasteiger partial charge in [-0.2, -0.15) is 0 Å². The number of imidazole rings is 1. The summed E-state index contributed by atoms with van der Waals surface area (Å²) in [5.74, 6) is -2.38. The summed E-state index contributed by atoms with van der Waals surface area (Å²) in [6, 6.07) is 1.73. The van der Waals surface area contributed by atoms with E-state index in [-0.39, 0.29) is 31.3 Å². The van der Waals surface area contributed by atoms with Crippen molar-refractivity contribution in [2.45, 2.75) is 95.0 Å². The number of alkyl carbamates (subject to hydrolysis) is 1. The average Bonchev–Trinajstić information content (AvgIpc) is 3.72. The highest BCUT2D eigenvalue weighted by atomic mass is 32.1. The van der Waals surface area contributed by atoms with Crippen LogP contribution in [-0.2, 0) is 19.1 Å². The molecule has 3 aliphatic rings. The molecule has 5 heterocycles. The van der Waals surface area contributed by atoms with Crippen LogP contribution in [0.3, 0.4) is 0 Å². The summed E-state index contributed by atoms with van der Waals surface area (Å²) in [6.45, 7) is 5.40. The number of benzene rings is 1. The molecular formula is C36H41N7O6S2. The molecule has 3 N–H and O–H groups in total. The predicted octanol–water partition coefficient (Wildman–Crippen LogP) is 5.80. The first-order valence-corrected chi connectivity index (χ1v) is 19.0. The van der Waals surface area contributed by atoms with E-state index < -0.39 is 47.1 Å². The zero-order valence-electron chi connectivity index (χ0n) is 28.7. The van der Waals surface area contributed by atoms with Crippen LogP contribution in [0.2, 0.25) is 0 Å². The summed E-state index contributed by atoms with van der Waals surface area (Å²) >= 11 is 3.02. The van der Waals surface area contributed by atoms with Crippen LogP contribution >= 0.6 is 22.7 Å². The van der Waals surface area contributed by atoms with Crippen LogP contribution in [0.1, 0.15) is 71.8 Å². The second-order valence-corrected chi connectivity index (χ2v) is 16.2. The number of carboxylic acids is 1. The fraction of sp³-hybridized carbons (Fsp3) is 0.472. The third-order valence-electron chi connectivity index (χ3n) is 9.74. The minimum Gasteiger partial charge on any atom is -0.479 e. The van der Waals surface area contributed by atoms with Gasteiger partial charge in [-0.1, -0.05) is 25.0 Å². The number of ether oxygens (including phenoxy) is 1. The van der Waals surface area contributed by atoms with Gasteiger partial charge in [-0.05, 0) is 65.0 Å². The highest BCUT2D eigenvalue weighted by Gasteiger charge is 2.61. The van der Waals surface area contributed by atoms with Crippen LogP contribution in [0, 0.1) is 5.92 Å². The van der Waals surface area contributed by atoms with Crippen molar-refractivity contribution >= 4 is 57.6 Å². The van der Waals surface area contributed by atoms with Crippen molar-refractivity contribution in [1.29, 1.82) is 0 Å². The van der Waals surface area contributed by atoms with E-state index in [1.807, 2.05) is 39.6 Å². The van der Waals surface area contributed by atoms with Gasteiger partial charge >= 0.3 is 12.1 Å². The Bertz CT molecular complexity index is 1970. The number of hydrogen-bond acceptors (Lipinski definition) is 10. The lowest BCUT2D eigenvalue weighted by Crippen LogP contribution is -2.56. The number of carbonyl (C=O) groups excluding carboxylic acids is 3. The zero-order chi connectivity index (χ0) is 35.9. The molecule has 7 rings (SSSR count). The Morgan fingerprint density at radius 3 is 2.53 bits per heavy atom. The summed E-state index contributed by atoms with van der Waals surface area (Å²) < 4.78 is 7.51. The topological polar surface area (TPSA) is 169 Å². The van der Waals surface area contributed by atoms with Crippen molar-refractivity contribution in [1.82, 2.24) is 35.1 Å². The maximum atomic E-state index is 14.5. The van der Waals surface area contributed by atoms with Gasteiger partial charge in [-0.3, -0.25) is 9.59 Å². The van der Waals surface area contributed by atoms with Gasteiger partial charge in [0.2, 0.25) is 11.8 Å². The fourth-order valence-electron chi connectivity index (χ4n) is 7.16. The molecular weight excluding hydrogens is 691 g/mol. The van der Waals surface area contributed by atoms with Gasteiger partial charge in [0.05, 0.1) is 23.4 Å². The highest BCUT2D eigenvalue weighted by molar-refractivity contribution is 7.13. The molecule has 4 aromatic rings. The Balaban J connectivity index is 1.27. The molecule has 3 amide bonds. The van der Waals surface area contributed by atoms with E-state index in [0.717, 1.165) is 51.4 Å². The Hall–Kier alpha value is -4.63. The van der Waals surface area contributed by atoms with Crippen LogP contribution in [0.4, 0.5) is 4.79 Å². The molecule has 268 valence electrons. The molecule has 0 radical (unpaired) electrons. The van der Waals surface area contributed by atoms with E-state index in [2.05, 4.69) is 20.6 Å². The summed E-state index contributed by atoms with van der Waals surface area (Å²) in [6.07, 6.45) is 12.3. The van der Waals surface area contributed by atoms with Crippen molar-refractivity contribution in [3.05, 3.63) is 53.8 Å². The minimum absolute atomic E-state index is 0.145. The van der Waals surface area contributed by atoms with Gasteiger partial charge in [-0.15, -0.1) is 22.7 Å². The molecule has 13 nitrogen and oxygen atoms in total. The van der Waals surface area contributed by atoms with E-state index in [4.69, 9.17) is 9.72 Å². The third-order valence-corrected chi connectivity index (χ3v) is 11.4. The number of carboxylic acid groups (broad SMARTS) is 1. The second kappa shape index (κ2) is 13.8. The lowest BCUT2D eigenvalue weighted by Gasteiger charge is -2.30. The molecule has 1 aromatic carbocycles. The number of rotatable bonds is 5. The molecule has 15 heteroatoms. The third kappa shape index (κ3) is 7.13. The van der Waals surface area contributed by atoms with E-state index in [1.165, 1.54) is 27.6 Å². The monoisotopic (exact) mass is 731 g/mol. The van der Waals surface area contributed by atoms with Gasteiger partial charge in [0.15, 0.2) is 0 Å². The number of aliphatic carboxylic acids is 1. The number of carbonyl (C=O) groups is 4. The second-order valence-electron chi connectivity index (χ2n) is 14.5. The molecule has 0 unspecified atom stereocenters. The molecule has 2 aliphatic heterocycles. The van der Waals surface area contributed by atoms with Crippen molar-refractivity contribution < 1.29 is 29.0 Å². The van der Waals surface area contributed by atoms with E-state index in [0.29, 0.717) is 12.8 Å². The lowest BCUT2D eigenvalue weighted by molar-refractivity contribution is -0.145. The molecule has 2 fully saturated rings. The van der Waals surface area contributed by atoms with Gasteiger partial charge in [-0.25, -0.2) is 24.5 Å². The lowest BCUT2D eigenvalue weighted by atomic mass is 10.0. The Labute approximate surface area is 303 Å². The van der Waals surface area contributed by atoms with E-state index in [1.54, 1.807) is 39.5 Å². The fourth-order valence-corrected chi connectivity index (χ4v) is 8.44. The number of allylic oxidation sites excluding steroid dienone is 1. The standard InChI is InChI=1S/C36H41N7O6S2/c1-35(2,3)49-34(48)40-25-10-8-6-4-5-7-9-22-18-36(22,33(46)47)41-29(44)27-17-23(19-42(27)32(25)45)43-20-39-28-24(31-38-12-14-51-31)15-21(16-26(28)43)30-37-11-13-50-30/h7,9,11-16,20,22-23,25,27H,4-6,8,10,17-19H2,1-3H3,(H,40,48)(H,41,44)(H,46,47)/b9-7-/t22-,23+,25-,27-,36+/m0/s1. The number of nitrogens with zero attached hydrogens (tertiary/aromatic N) is 5. The summed E-state index contributed by atoms with van der Waals surface area (Å²) in [5.41, 5.74) is 1.07. The number of hydrogen-bond donors (Lipinski definition) is 3. The number of fused-ring (bicyclic) bond motifs is 3. The van der Waals surface area contributed by atoms with Crippen LogP contribution in [0.25, 0.3) is 32.2 Å². The molecule has 1 saturated heterocycles. The van der Waals surface area contributed by atoms with Crippen molar-refractivity contribution in [3.8, 4) is 21.1 Å². The van der Waals surface area contributed by atoms with Crippen LogP contribution in [-0.4, -0.2) is 83.2 Å². The largest absolute Gasteiger partial charge is 0.479 e. The first-order chi connectivity index (χ1) is 24.4. The number of aromatic nitrogens is 4. The van der Waals surface area contributed by atoms with E-state index in [9.17, 15) is 24.3 Å². The summed E-state index contributed by atoms with van der Waals surface area (Å²) in [5, 5.41) is 21.3. The summed E-state index contributed by atoms with van der Waals surface area (Å²) in [4.78, 5) is 69.7. The van der Waals surface area contributed by atoms with Gasteiger partial charge < -0.3 is 29.9 Å². The molecule has 0 spiro atoms. The first-order valence-electron chi connectivity index (χ1n) is 17.3. The van der Waals surface area contributed by atoms with Crippen molar-refractivity contribution in [2.24, 2.45) is 5.92 Å². The van der Waals surface area contributed by atoms with Crippen molar-refractivity contribution in [2.75, 3.05) is 6.54 Å². The molecule has 5 atom stereocenters. The van der Waals surface area contributed by atoms with Gasteiger partial charge in [0.1, 0.15) is 33.2 Å². The number of nitrogens with one attached hydrogen (secondary N) is 2. The number of amides is 3. The Morgan fingerprint density at radius 2 is 1.82 bits per heavy atom. The number of thiazole rings is 2. The zero-order valence-corrected chi connectivity index (χ0v) is 30.3. The van der Waals surface area contributed by atoms with Crippen LogP contribution < -0.4 is 10.6 Å². The van der Waals surface area contributed by atoms with Crippen LogP contribution in [0.5, 0.6) is 0 Å². The molecule has 0 bridgehead atoms. The van der Waals surface area contributed by atoms with Crippen LogP contribution in [0.15, 0.2) is 53.8 Å². The Morgan fingerprint density at radius 1 is 1.06 bits per heavy atom. The highest BCUT2D eigenvalue weighted by Crippen LogP contribution is 2.46. The summed E-state index contributed by atoms with van der Waals surface area (Å²) in [7, 11) is 0.